The average Bonchev–Trinajstić information content (AvgIpc) is 3.28. The Balaban J connectivity index is 1.37. The molecule has 1 aliphatic carbocycles. The number of aliphatic hydroxyl groups excluding tert-OH is 1. The van der Waals surface area contributed by atoms with Gasteiger partial charge < -0.3 is 20.1 Å². The van der Waals surface area contributed by atoms with Crippen LogP contribution in [-0.2, 0) is 6.42 Å². The first kappa shape index (κ1) is 18.1. The van der Waals surface area contributed by atoms with Gasteiger partial charge in [0.25, 0.3) is 0 Å². The van der Waals surface area contributed by atoms with Crippen LogP contribution < -0.4 is 10.1 Å². The molecule has 138 valence electrons. The average molecular weight is 346 g/mol. The second-order valence-corrected chi connectivity index (χ2v) is 7.39. The van der Waals surface area contributed by atoms with E-state index in [0.29, 0.717) is 19.2 Å². The lowest BCUT2D eigenvalue weighted by Crippen LogP contribution is -2.39. The maximum absolute atomic E-state index is 12.2. The molecule has 0 bridgehead atoms. The lowest BCUT2D eigenvalue weighted by atomic mass is 10.0. The van der Waals surface area contributed by atoms with E-state index in [9.17, 15) is 9.90 Å². The second-order valence-electron chi connectivity index (χ2n) is 7.39. The Bertz CT molecular complexity index is 553. The fraction of sp³-hybridized carbons (Fsp3) is 0.650. The Morgan fingerprint density at radius 1 is 1.28 bits per heavy atom. The molecule has 1 heterocycles. The molecule has 1 saturated carbocycles. The summed E-state index contributed by atoms with van der Waals surface area (Å²) in [6.45, 7) is 3.80. The van der Waals surface area contributed by atoms with Crippen molar-refractivity contribution >= 4 is 6.03 Å². The summed E-state index contributed by atoms with van der Waals surface area (Å²) in [4.78, 5) is 14.0. The summed E-state index contributed by atoms with van der Waals surface area (Å²) >= 11 is 0. The van der Waals surface area contributed by atoms with E-state index < -0.39 is 0 Å². The van der Waals surface area contributed by atoms with Crippen molar-refractivity contribution in [3.05, 3.63) is 29.8 Å². The summed E-state index contributed by atoms with van der Waals surface area (Å²) in [5.74, 6) is 1.15. The van der Waals surface area contributed by atoms with Gasteiger partial charge in [-0.2, -0.15) is 0 Å². The van der Waals surface area contributed by atoms with Crippen molar-refractivity contribution in [2.45, 2.75) is 57.7 Å². The van der Waals surface area contributed by atoms with Gasteiger partial charge >= 0.3 is 6.03 Å². The molecular formula is C20H30N2O3. The monoisotopic (exact) mass is 346 g/mol. The fourth-order valence-corrected chi connectivity index (χ4v) is 3.72. The van der Waals surface area contributed by atoms with E-state index in [2.05, 4.69) is 17.4 Å². The minimum atomic E-state index is -0.345. The normalized spacial score (nSPS) is 22.2. The molecule has 0 unspecified atom stereocenters. The van der Waals surface area contributed by atoms with E-state index in [1.165, 1.54) is 31.2 Å². The fourth-order valence-electron chi connectivity index (χ4n) is 3.72. The molecule has 0 radical (unpaired) electrons. The van der Waals surface area contributed by atoms with E-state index in [-0.39, 0.29) is 18.1 Å². The molecule has 0 spiro atoms. The second kappa shape index (κ2) is 8.56. The number of aliphatic hydroxyl groups is 1. The number of carbonyl (C=O) groups excluding carboxylic acids is 1. The standard InChI is InChI=1S/C20H30N2O3/c1-15(23)17-11-13-22(14-17)20(24)21-12-10-16-6-8-19(9-7-16)25-18-4-2-3-5-18/h6-9,15,17-18,23H,2-5,10-14H2,1H3,(H,21,24)/t15-,17-/m0/s1. The van der Waals surface area contributed by atoms with Crippen molar-refractivity contribution in [1.29, 1.82) is 0 Å². The number of carbonyl (C=O) groups is 1. The molecule has 25 heavy (non-hydrogen) atoms. The number of ether oxygens (including phenoxy) is 1. The van der Waals surface area contributed by atoms with Crippen LogP contribution in [0.2, 0.25) is 0 Å². The number of nitrogens with zero attached hydrogens (tertiary/aromatic N) is 1. The summed E-state index contributed by atoms with van der Waals surface area (Å²) in [7, 11) is 0. The summed E-state index contributed by atoms with van der Waals surface area (Å²) in [6, 6.07) is 8.20. The Morgan fingerprint density at radius 2 is 2.00 bits per heavy atom. The summed E-state index contributed by atoms with van der Waals surface area (Å²) in [6.07, 6.45) is 6.62. The van der Waals surface area contributed by atoms with Gasteiger partial charge in [-0.3, -0.25) is 0 Å². The van der Waals surface area contributed by atoms with Crippen molar-refractivity contribution in [3.8, 4) is 5.75 Å². The number of hydrogen-bond acceptors (Lipinski definition) is 3. The van der Waals surface area contributed by atoms with Crippen LogP contribution >= 0.6 is 0 Å². The minimum absolute atomic E-state index is 0.0238. The van der Waals surface area contributed by atoms with Crippen molar-refractivity contribution in [2.24, 2.45) is 5.92 Å². The van der Waals surface area contributed by atoms with Crippen LogP contribution in [0, 0.1) is 5.92 Å². The number of rotatable bonds is 6. The van der Waals surface area contributed by atoms with Gasteiger partial charge in [0.2, 0.25) is 0 Å². The first-order valence-corrected chi connectivity index (χ1v) is 9.58. The van der Waals surface area contributed by atoms with Crippen molar-refractivity contribution in [3.63, 3.8) is 0 Å². The van der Waals surface area contributed by atoms with Crippen LogP contribution in [0.1, 0.15) is 44.6 Å². The maximum atomic E-state index is 12.2. The van der Waals surface area contributed by atoms with Gasteiger partial charge in [-0.1, -0.05) is 12.1 Å². The molecule has 1 aromatic carbocycles. The Hall–Kier alpha value is -1.75. The third-order valence-electron chi connectivity index (χ3n) is 5.41. The quantitative estimate of drug-likeness (QED) is 0.832. The van der Waals surface area contributed by atoms with E-state index in [1.807, 2.05) is 12.1 Å². The molecule has 2 amide bonds. The lowest BCUT2D eigenvalue weighted by molar-refractivity contribution is 0.129. The van der Waals surface area contributed by atoms with Crippen molar-refractivity contribution in [2.75, 3.05) is 19.6 Å². The molecule has 1 aliphatic heterocycles. The third-order valence-corrected chi connectivity index (χ3v) is 5.41. The van der Waals surface area contributed by atoms with Crippen LogP contribution in [0.3, 0.4) is 0 Å². The van der Waals surface area contributed by atoms with Gasteiger partial charge in [-0.25, -0.2) is 4.79 Å². The SMILES string of the molecule is C[C@H](O)[C@H]1CCN(C(=O)NCCc2ccc(OC3CCCC3)cc2)C1. The van der Waals surface area contributed by atoms with Crippen LogP contribution in [0.15, 0.2) is 24.3 Å². The molecule has 1 saturated heterocycles. The van der Waals surface area contributed by atoms with Crippen LogP contribution in [0.5, 0.6) is 5.75 Å². The van der Waals surface area contributed by atoms with Crippen LogP contribution in [-0.4, -0.2) is 47.9 Å². The van der Waals surface area contributed by atoms with E-state index in [1.54, 1.807) is 11.8 Å². The molecule has 1 aromatic rings. The zero-order valence-electron chi connectivity index (χ0n) is 15.1. The largest absolute Gasteiger partial charge is 0.490 e. The first-order valence-electron chi connectivity index (χ1n) is 9.58. The smallest absolute Gasteiger partial charge is 0.317 e. The number of urea groups is 1. The predicted molar refractivity (Wildman–Crippen MR) is 97.8 cm³/mol. The molecule has 2 N–H and O–H groups in total. The number of likely N-dealkylation sites (tertiary alicyclic amines) is 1. The zero-order valence-corrected chi connectivity index (χ0v) is 15.1. The van der Waals surface area contributed by atoms with Gasteiger partial charge in [-0.05, 0) is 63.1 Å². The lowest BCUT2D eigenvalue weighted by Gasteiger charge is -2.18. The molecule has 5 nitrogen and oxygen atoms in total. The highest BCUT2D eigenvalue weighted by atomic mass is 16.5. The Labute approximate surface area is 150 Å². The van der Waals surface area contributed by atoms with Gasteiger partial charge in [0, 0.05) is 25.6 Å². The van der Waals surface area contributed by atoms with Gasteiger partial charge in [0.15, 0.2) is 0 Å². The summed E-state index contributed by atoms with van der Waals surface area (Å²) < 4.78 is 5.97. The highest BCUT2D eigenvalue weighted by Gasteiger charge is 2.28. The molecule has 0 aromatic heterocycles. The Kier molecular flexibility index (Phi) is 6.19. The highest BCUT2D eigenvalue weighted by Crippen LogP contribution is 2.24. The van der Waals surface area contributed by atoms with Gasteiger partial charge in [0.1, 0.15) is 5.75 Å². The first-order chi connectivity index (χ1) is 12.1. The van der Waals surface area contributed by atoms with Crippen molar-refractivity contribution < 1.29 is 14.6 Å². The maximum Gasteiger partial charge on any atom is 0.317 e. The van der Waals surface area contributed by atoms with Gasteiger partial charge in [0.05, 0.1) is 12.2 Å². The molecule has 2 aliphatic rings. The summed E-state index contributed by atoms with van der Waals surface area (Å²) in [5.41, 5.74) is 1.20. The minimum Gasteiger partial charge on any atom is -0.490 e. The molecule has 2 atom stereocenters. The van der Waals surface area contributed by atoms with Crippen LogP contribution in [0.25, 0.3) is 0 Å². The third kappa shape index (κ3) is 5.11. The van der Waals surface area contributed by atoms with E-state index in [0.717, 1.165) is 25.1 Å². The topological polar surface area (TPSA) is 61.8 Å². The van der Waals surface area contributed by atoms with Crippen molar-refractivity contribution in [1.82, 2.24) is 10.2 Å². The zero-order chi connectivity index (χ0) is 17.6. The molecule has 5 heteroatoms. The predicted octanol–water partition coefficient (Wildman–Crippen LogP) is 2.96. The number of amides is 2. The molecule has 2 fully saturated rings. The van der Waals surface area contributed by atoms with Crippen LogP contribution in [0.4, 0.5) is 4.79 Å². The van der Waals surface area contributed by atoms with E-state index in [4.69, 9.17) is 4.74 Å². The Morgan fingerprint density at radius 3 is 2.64 bits per heavy atom. The molecular weight excluding hydrogens is 316 g/mol. The van der Waals surface area contributed by atoms with Gasteiger partial charge in [-0.15, -0.1) is 0 Å². The highest BCUT2D eigenvalue weighted by molar-refractivity contribution is 5.74. The number of hydrogen-bond donors (Lipinski definition) is 2. The van der Waals surface area contributed by atoms with E-state index >= 15 is 0 Å². The number of nitrogens with one attached hydrogen (secondary N) is 1. The summed E-state index contributed by atoms with van der Waals surface area (Å²) in [5, 5.41) is 12.6. The molecule has 3 rings (SSSR count). The number of benzene rings is 1.